The van der Waals surface area contributed by atoms with Crippen LogP contribution in [0.5, 0.6) is 0 Å². The monoisotopic (exact) mass is 297 g/mol. The zero-order chi connectivity index (χ0) is 15.9. The molecule has 0 aromatic rings. The summed E-state index contributed by atoms with van der Waals surface area (Å²) in [6.45, 7) is 13.9. The number of rotatable bonds is 3. The maximum atomic E-state index is 14.6. The summed E-state index contributed by atoms with van der Waals surface area (Å²) in [5, 5.41) is 0. The Morgan fingerprint density at radius 3 is 2.00 bits per heavy atom. The molecule has 2 aliphatic heterocycles. The van der Waals surface area contributed by atoms with E-state index in [4.69, 9.17) is 9.31 Å². The van der Waals surface area contributed by atoms with Gasteiger partial charge in [-0.15, -0.1) is 0 Å². The van der Waals surface area contributed by atoms with Gasteiger partial charge in [-0.05, 0) is 73.5 Å². The van der Waals surface area contributed by atoms with E-state index in [-0.39, 0.29) is 11.3 Å². The lowest BCUT2D eigenvalue weighted by atomic mass is 9.84. The van der Waals surface area contributed by atoms with Crippen molar-refractivity contribution in [3.8, 4) is 0 Å². The van der Waals surface area contributed by atoms with Gasteiger partial charge in [0.1, 0.15) is 5.73 Å². The van der Waals surface area contributed by atoms with E-state index in [1.165, 1.54) is 19.3 Å². The quantitative estimate of drug-likeness (QED) is 0.741. The fourth-order valence-electron chi connectivity index (χ4n) is 2.92. The minimum absolute atomic E-state index is 0.311. The van der Waals surface area contributed by atoms with Crippen LogP contribution in [0.15, 0.2) is 11.8 Å². The molecule has 0 radical (unpaired) electrons. The smallest absolute Gasteiger partial charge is 0.398 e. The number of nitrogens with zero attached hydrogens (tertiary/aromatic N) is 1. The van der Waals surface area contributed by atoms with Gasteiger partial charge in [-0.25, -0.2) is 4.39 Å². The van der Waals surface area contributed by atoms with Gasteiger partial charge in [-0.1, -0.05) is 6.42 Å². The van der Waals surface area contributed by atoms with Gasteiger partial charge in [0.2, 0.25) is 0 Å². The molecule has 3 nitrogen and oxygen atoms in total. The van der Waals surface area contributed by atoms with E-state index in [0.29, 0.717) is 0 Å². The molecule has 120 valence electrons. The minimum atomic E-state index is -0.890. The summed E-state index contributed by atoms with van der Waals surface area (Å²) in [5.74, 6) is 0. The van der Waals surface area contributed by atoms with Gasteiger partial charge in [0.05, 0.1) is 11.2 Å². The molecule has 21 heavy (non-hydrogen) atoms. The van der Waals surface area contributed by atoms with Gasteiger partial charge >= 0.3 is 7.12 Å². The SMILES string of the molecule is CC(C)(C=C(F)B1OC(C)(C)C(C)(C)O1)N1CCCCC1. The molecule has 0 spiro atoms. The van der Waals surface area contributed by atoms with Crippen molar-refractivity contribution in [1.82, 2.24) is 4.90 Å². The highest BCUT2D eigenvalue weighted by molar-refractivity contribution is 6.53. The molecule has 0 N–H and O–H groups in total. The van der Waals surface area contributed by atoms with Crippen molar-refractivity contribution in [3.63, 3.8) is 0 Å². The normalized spacial score (nSPS) is 27.2. The molecule has 0 saturated carbocycles. The third kappa shape index (κ3) is 3.51. The van der Waals surface area contributed by atoms with Crippen LogP contribution in [0.4, 0.5) is 4.39 Å². The van der Waals surface area contributed by atoms with Crippen molar-refractivity contribution in [2.24, 2.45) is 0 Å². The molecular formula is C16H29BFNO2. The third-order valence-electron chi connectivity index (χ3n) is 5.14. The molecule has 0 aromatic heterocycles. The second kappa shape index (κ2) is 5.67. The molecule has 2 rings (SSSR count). The Hall–Kier alpha value is -0.385. The van der Waals surface area contributed by atoms with Crippen LogP contribution in [-0.4, -0.2) is 41.8 Å². The molecule has 0 amide bonds. The molecule has 0 atom stereocenters. The second-order valence-corrected chi connectivity index (χ2v) is 7.82. The first-order valence-electron chi connectivity index (χ1n) is 8.04. The van der Waals surface area contributed by atoms with Crippen molar-refractivity contribution in [3.05, 3.63) is 11.8 Å². The lowest BCUT2D eigenvalue weighted by Crippen LogP contribution is -2.46. The van der Waals surface area contributed by atoms with E-state index < -0.39 is 18.3 Å². The average molecular weight is 297 g/mol. The van der Waals surface area contributed by atoms with Crippen molar-refractivity contribution in [1.29, 1.82) is 0 Å². The number of piperidine rings is 1. The second-order valence-electron chi connectivity index (χ2n) is 7.82. The van der Waals surface area contributed by atoms with Crippen LogP contribution in [0.2, 0.25) is 0 Å². The van der Waals surface area contributed by atoms with E-state index in [1.54, 1.807) is 6.08 Å². The van der Waals surface area contributed by atoms with E-state index in [9.17, 15) is 4.39 Å². The molecule has 2 saturated heterocycles. The van der Waals surface area contributed by atoms with Crippen molar-refractivity contribution >= 4 is 7.12 Å². The first-order valence-corrected chi connectivity index (χ1v) is 8.04. The molecule has 0 aromatic carbocycles. The number of hydrogen-bond acceptors (Lipinski definition) is 3. The zero-order valence-corrected chi connectivity index (χ0v) is 14.3. The fourth-order valence-corrected chi connectivity index (χ4v) is 2.92. The van der Waals surface area contributed by atoms with Crippen LogP contribution in [0.3, 0.4) is 0 Å². The van der Waals surface area contributed by atoms with E-state index >= 15 is 0 Å². The summed E-state index contributed by atoms with van der Waals surface area (Å²) in [6.07, 6.45) is 5.32. The number of hydrogen-bond donors (Lipinski definition) is 0. The Labute approximate surface area is 129 Å². The van der Waals surface area contributed by atoms with Crippen molar-refractivity contribution < 1.29 is 13.7 Å². The highest BCUT2D eigenvalue weighted by Crippen LogP contribution is 2.39. The van der Waals surface area contributed by atoms with Gasteiger partial charge in [0, 0.05) is 5.54 Å². The third-order valence-corrected chi connectivity index (χ3v) is 5.14. The lowest BCUT2D eigenvalue weighted by molar-refractivity contribution is 0.00578. The summed E-state index contributed by atoms with van der Waals surface area (Å²) in [5.41, 5.74) is -1.63. The largest absolute Gasteiger partial charge is 0.524 e. The number of likely N-dealkylation sites (tertiary alicyclic amines) is 1. The van der Waals surface area contributed by atoms with Crippen molar-refractivity contribution in [2.75, 3.05) is 13.1 Å². The van der Waals surface area contributed by atoms with Crippen LogP contribution in [0.1, 0.15) is 60.8 Å². The molecule has 2 aliphatic rings. The molecule has 0 bridgehead atoms. The Morgan fingerprint density at radius 1 is 1.05 bits per heavy atom. The molecule has 2 heterocycles. The maximum absolute atomic E-state index is 14.6. The van der Waals surface area contributed by atoms with Crippen LogP contribution in [-0.2, 0) is 9.31 Å². The molecule has 0 unspecified atom stereocenters. The first kappa shape index (κ1) is 17.0. The highest BCUT2D eigenvalue weighted by Gasteiger charge is 2.53. The topological polar surface area (TPSA) is 21.7 Å². The van der Waals surface area contributed by atoms with Gasteiger partial charge < -0.3 is 9.31 Å². The summed E-state index contributed by atoms with van der Waals surface area (Å²) < 4.78 is 26.2. The molecule has 0 aliphatic carbocycles. The molecule has 2 fully saturated rings. The Balaban J connectivity index is 2.10. The van der Waals surface area contributed by atoms with Gasteiger partial charge in [0.15, 0.2) is 0 Å². The summed E-state index contributed by atoms with van der Waals surface area (Å²) in [6, 6.07) is 0. The maximum Gasteiger partial charge on any atom is 0.524 e. The fraction of sp³-hybridized carbons (Fsp3) is 0.875. The van der Waals surface area contributed by atoms with Gasteiger partial charge in [-0.3, -0.25) is 4.90 Å². The first-order chi connectivity index (χ1) is 9.55. The Bertz CT molecular complexity index is 399. The summed E-state index contributed by atoms with van der Waals surface area (Å²) in [4.78, 5) is 2.33. The Morgan fingerprint density at radius 2 is 1.52 bits per heavy atom. The van der Waals surface area contributed by atoms with Crippen LogP contribution < -0.4 is 0 Å². The van der Waals surface area contributed by atoms with Crippen molar-refractivity contribution in [2.45, 2.75) is 77.5 Å². The number of halogens is 1. The average Bonchev–Trinajstić information content (AvgIpc) is 2.59. The predicted octanol–water partition coefficient (Wildman–Crippen LogP) is 3.74. The highest BCUT2D eigenvalue weighted by atomic mass is 19.1. The summed E-state index contributed by atoms with van der Waals surface area (Å²) >= 11 is 0. The summed E-state index contributed by atoms with van der Waals surface area (Å²) in [7, 11) is -0.890. The molecule has 5 heteroatoms. The van der Waals surface area contributed by atoms with Gasteiger partial charge in [-0.2, -0.15) is 0 Å². The van der Waals surface area contributed by atoms with E-state index in [2.05, 4.69) is 18.7 Å². The molecular weight excluding hydrogens is 268 g/mol. The van der Waals surface area contributed by atoms with Crippen LogP contribution >= 0.6 is 0 Å². The zero-order valence-electron chi connectivity index (χ0n) is 14.3. The van der Waals surface area contributed by atoms with E-state index in [0.717, 1.165) is 13.1 Å². The van der Waals surface area contributed by atoms with Crippen LogP contribution in [0.25, 0.3) is 0 Å². The standard InChI is InChI=1S/C16H29BFNO2/c1-14(2,19-10-8-7-9-11-19)12-13(18)17-20-15(3,4)16(5,6)21-17/h12H,7-11H2,1-6H3. The predicted molar refractivity (Wildman–Crippen MR) is 84.8 cm³/mol. The minimum Gasteiger partial charge on any atom is -0.398 e. The lowest BCUT2D eigenvalue weighted by Gasteiger charge is -2.39. The van der Waals surface area contributed by atoms with Gasteiger partial charge in [0.25, 0.3) is 0 Å². The van der Waals surface area contributed by atoms with Crippen LogP contribution in [0, 0.1) is 0 Å². The van der Waals surface area contributed by atoms with E-state index in [1.807, 2.05) is 27.7 Å². The Kier molecular flexibility index (Phi) is 4.59.